The van der Waals surface area contributed by atoms with Gasteiger partial charge in [-0.15, -0.1) is 0 Å². The number of fused-ring (bicyclic) bond motifs is 1. The summed E-state index contributed by atoms with van der Waals surface area (Å²) in [6, 6.07) is 10.7. The molecule has 17 nitrogen and oxygen atoms in total. The van der Waals surface area contributed by atoms with E-state index in [0.717, 1.165) is 25.7 Å². The van der Waals surface area contributed by atoms with Crippen LogP contribution in [0.15, 0.2) is 48.7 Å². The quantitative estimate of drug-likeness (QED) is 0.132. The summed E-state index contributed by atoms with van der Waals surface area (Å²) in [4.78, 5) is 83.5. The highest BCUT2D eigenvalue weighted by Gasteiger charge is 2.23. The van der Waals surface area contributed by atoms with Gasteiger partial charge in [-0.25, -0.2) is 9.59 Å². The van der Waals surface area contributed by atoms with E-state index in [-0.39, 0.29) is 17.0 Å². The molecule has 1 aromatic heterocycles. The van der Waals surface area contributed by atoms with Gasteiger partial charge in [0, 0.05) is 38.7 Å². The minimum absolute atomic E-state index is 0.0341. The van der Waals surface area contributed by atoms with Crippen LogP contribution < -0.4 is 9.64 Å². The van der Waals surface area contributed by atoms with Gasteiger partial charge < -0.3 is 47.7 Å². The lowest BCUT2D eigenvalue weighted by Crippen LogP contribution is -2.37. The van der Waals surface area contributed by atoms with E-state index in [2.05, 4.69) is 14.2 Å². The number of esters is 6. The van der Waals surface area contributed by atoms with Crippen molar-refractivity contribution in [1.29, 1.82) is 0 Å². The highest BCUT2D eigenvalue weighted by Crippen LogP contribution is 2.33. The topological polar surface area (TPSA) is 212 Å². The van der Waals surface area contributed by atoms with Crippen LogP contribution in [0, 0.1) is 0 Å². The second-order valence-electron chi connectivity index (χ2n) is 9.37. The maximum atomic E-state index is 12.6. The van der Waals surface area contributed by atoms with Gasteiger partial charge in [0.1, 0.15) is 18.8 Å². The molecule has 0 fully saturated rings. The SMILES string of the molecule is CC(=O)OCOC(=O)COc1cc(-n2ccc3ccc(C(=O)O)cc32)ccc1N(CC(=O)OCOC(C)=O)CC(=O)OCOC(C)=O. The summed E-state index contributed by atoms with van der Waals surface area (Å²) in [5, 5.41) is 10.2. The van der Waals surface area contributed by atoms with Gasteiger partial charge >= 0.3 is 41.8 Å². The Hall–Kier alpha value is -6.13. The third-order valence-corrected chi connectivity index (χ3v) is 5.93. The Balaban J connectivity index is 2.00. The number of rotatable bonds is 16. The van der Waals surface area contributed by atoms with Crippen LogP contribution in [0.25, 0.3) is 16.6 Å². The zero-order valence-corrected chi connectivity index (χ0v) is 25.4. The van der Waals surface area contributed by atoms with E-state index in [1.165, 1.54) is 24.3 Å². The summed E-state index contributed by atoms with van der Waals surface area (Å²) in [5.41, 5.74) is 1.04. The normalized spacial score (nSPS) is 10.4. The molecule has 1 heterocycles. The van der Waals surface area contributed by atoms with Crippen molar-refractivity contribution >= 4 is 58.4 Å². The molecule has 17 heteroatoms. The molecule has 0 radical (unpaired) electrons. The summed E-state index contributed by atoms with van der Waals surface area (Å²) >= 11 is 0. The lowest BCUT2D eigenvalue weighted by atomic mass is 10.1. The molecule has 0 bridgehead atoms. The van der Waals surface area contributed by atoms with Gasteiger partial charge in [-0.05, 0) is 35.7 Å². The molecule has 0 aliphatic heterocycles. The first-order valence-electron chi connectivity index (χ1n) is 13.6. The Morgan fingerprint density at radius 3 is 1.77 bits per heavy atom. The molecule has 0 atom stereocenters. The van der Waals surface area contributed by atoms with Crippen molar-refractivity contribution in [3.8, 4) is 11.4 Å². The van der Waals surface area contributed by atoms with E-state index in [9.17, 15) is 38.7 Å². The van der Waals surface area contributed by atoms with Gasteiger partial charge in [-0.1, -0.05) is 6.07 Å². The van der Waals surface area contributed by atoms with Gasteiger partial charge in [0.15, 0.2) is 6.61 Å². The number of ether oxygens (including phenoxy) is 7. The molecule has 2 aromatic carbocycles. The molecule has 0 aliphatic rings. The minimum atomic E-state index is -1.14. The minimum Gasteiger partial charge on any atom is -0.480 e. The van der Waals surface area contributed by atoms with E-state index < -0.39 is 81.9 Å². The fourth-order valence-electron chi connectivity index (χ4n) is 3.86. The molecule has 47 heavy (non-hydrogen) atoms. The van der Waals surface area contributed by atoms with Crippen molar-refractivity contribution in [3.63, 3.8) is 0 Å². The number of aromatic carboxylic acids is 1. The molecule has 1 N–H and O–H groups in total. The first-order valence-corrected chi connectivity index (χ1v) is 13.6. The smallest absolute Gasteiger partial charge is 0.347 e. The van der Waals surface area contributed by atoms with Gasteiger partial charge in [-0.2, -0.15) is 0 Å². The Bertz CT molecular complexity index is 1630. The third-order valence-electron chi connectivity index (χ3n) is 5.93. The molecule has 3 aromatic rings. The number of carboxylic acids is 1. The zero-order chi connectivity index (χ0) is 34.5. The Morgan fingerprint density at radius 1 is 0.681 bits per heavy atom. The standard InChI is InChI=1S/C30H30N2O15/c1-18(33)42-15-45-27(36)12-31(13-28(37)46-16-43-19(2)34)24-7-6-23(11-26(24)41-14-29(38)47-17-44-20(3)35)32-9-8-21-4-5-22(30(39)40)10-25(21)32/h4-11H,12-17H2,1-3H3,(H,39,40). The molecule has 0 aliphatic carbocycles. The molecule has 250 valence electrons. The van der Waals surface area contributed by atoms with Crippen LogP contribution in [0.4, 0.5) is 5.69 Å². The van der Waals surface area contributed by atoms with Crippen LogP contribution in [-0.4, -0.2) is 91.5 Å². The number of carbonyl (C=O) groups is 7. The average molecular weight is 659 g/mol. The van der Waals surface area contributed by atoms with E-state index >= 15 is 0 Å². The summed E-state index contributed by atoms with van der Waals surface area (Å²) in [6.07, 6.45) is 1.67. The van der Waals surface area contributed by atoms with Crippen LogP contribution in [0.2, 0.25) is 0 Å². The van der Waals surface area contributed by atoms with Gasteiger partial charge in [-0.3, -0.25) is 24.0 Å². The third kappa shape index (κ3) is 11.1. The Morgan fingerprint density at radius 2 is 1.23 bits per heavy atom. The molecule has 0 unspecified atom stereocenters. The van der Waals surface area contributed by atoms with Crippen molar-refractivity contribution in [1.82, 2.24) is 4.57 Å². The van der Waals surface area contributed by atoms with Gasteiger partial charge in [0.25, 0.3) is 0 Å². The number of aromatic nitrogens is 1. The Labute approximate surface area is 266 Å². The predicted molar refractivity (Wildman–Crippen MR) is 156 cm³/mol. The van der Waals surface area contributed by atoms with E-state index in [1.807, 2.05) is 0 Å². The Kier molecular flexibility index (Phi) is 12.6. The highest BCUT2D eigenvalue weighted by atomic mass is 16.7. The molecule has 0 saturated carbocycles. The zero-order valence-electron chi connectivity index (χ0n) is 25.4. The van der Waals surface area contributed by atoms with Crippen LogP contribution in [0.3, 0.4) is 0 Å². The summed E-state index contributed by atoms with van der Waals surface area (Å²) < 4.78 is 35.8. The number of benzene rings is 2. The molecule has 0 saturated heterocycles. The van der Waals surface area contributed by atoms with Gasteiger partial charge in [0.05, 0.1) is 16.8 Å². The van der Waals surface area contributed by atoms with E-state index in [4.69, 9.17) is 18.9 Å². The highest BCUT2D eigenvalue weighted by molar-refractivity contribution is 5.94. The van der Waals surface area contributed by atoms with Crippen LogP contribution in [0.5, 0.6) is 5.75 Å². The number of carboxylic acid groups (broad SMARTS) is 1. The second-order valence-corrected chi connectivity index (χ2v) is 9.37. The molecular weight excluding hydrogens is 628 g/mol. The second kappa shape index (κ2) is 16.8. The summed E-state index contributed by atoms with van der Waals surface area (Å²) in [6.45, 7) is -0.681. The van der Waals surface area contributed by atoms with Crippen molar-refractivity contribution < 1.29 is 71.8 Å². The van der Waals surface area contributed by atoms with E-state index in [0.29, 0.717) is 16.6 Å². The molecule has 3 rings (SSSR count). The van der Waals surface area contributed by atoms with Crippen molar-refractivity contribution in [2.75, 3.05) is 45.0 Å². The van der Waals surface area contributed by atoms with E-state index in [1.54, 1.807) is 29.0 Å². The maximum absolute atomic E-state index is 12.6. The fourth-order valence-corrected chi connectivity index (χ4v) is 3.86. The predicted octanol–water partition coefficient (Wildman–Crippen LogP) is 1.71. The van der Waals surface area contributed by atoms with Crippen molar-refractivity contribution in [2.24, 2.45) is 0 Å². The first-order chi connectivity index (χ1) is 22.3. The lowest BCUT2D eigenvalue weighted by molar-refractivity contribution is -0.168. The van der Waals surface area contributed by atoms with Crippen LogP contribution >= 0.6 is 0 Å². The molecular formula is C30H30N2O15. The summed E-state index contributed by atoms with van der Waals surface area (Å²) in [7, 11) is 0. The lowest BCUT2D eigenvalue weighted by Gasteiger charge is -2.25. The van der Waals surface area contributed by atoms with Crippen LogP contribution in [0.1, 0.15) is 31.1 Å². The number of carbonyl (C=O) groups excluding carboxylic acids is 6. The fraction of sp³-hybridized carbons (Fsp3) is 0.300. The summed E-state index contributed by atoms with van der Waals surface area (Å²) in [5.74, 6) is -6.11. The first kappa shape index (κ1) is 35.4. The van der Waals surface area contributed by atoms with Crippen LogP contribution in [-0.2, 0) is 57.2 Å². The number of nitrogens with zero attached hydrogens (tertiary/aromatic N) is 2. The molecule has 0 spiro atoms. The van der Waals surface area contributed by atoms with Crippen molar-refractivity contribution in [2.45, 2.75) is 20.8 Å². The largest absolute Gasteiger partial charge is 0.480 e. The number of hydrogen-bond acceptors (Lipinski definition) is 15. The average Bonchev–Trinajstić information content (AvgIpc) is 3.42. The van der Waals surface area contributed by atoms with Gasteiger partial charge in [0.2, 0.25) is 20.4 Å². The number of anilines is 1. The monoisotopic (exact) mass is 658 g/mol. The van der Waals surface area contributed by atoms with Crippen molar-refractivity contribution in [3.05, 3.63) is 54.2 Å². The maximum Gasteiger partial charge on any atom is 0.347 e. The molecule has 0 amide bonds. The number of hydrogen-bond donors (Lipinski definition) is 1.